The van der Waals surface area contributed by atoms with Crippen LogP contribution < -0.4 is 5.32 Å². The van der Waals surface area contributed by atoms with Crippen molar-refractivity contribution in [3.8, 4) is 0 Å². The van der Waals surface area contributed by atoms with Crippen LogP contribution in [0.2, 0.25) is 5.02 Å². The van der Waals surface area contributed by atoms with E-state index in [0.717, 1.165) is 40.4 Å². The van der Waals surface area contributed by atoms with E-state index >= 15 is 0 Å². The Balaban J connectivity index is 1.36. The average Bonchev–Trinajstić information content (AvgIpc) is 3.34. The molecule has 1 amide bonds. The van der Waals surface area contributed by atoms with Crippen LogP contribution in [0.25, 0.3) is 11.0 Å². The first-order chi connectivity index (χ1) is 12.1. The highest BCUT2D eigenvalue weighted by atomic mass is 35.5. The van der Waals surface area contributed by atoms with Crippen LogP contribution in [0.15, 0.2) is 48.5 Å². The van der Waals surface area contributed by atoms with Crippen molar-refractivity contribution in [3.63, 3.8) is 0 Å². The number of carbonyl (C=O) groups is 1. The average molecular weight is 354 g/mol. The molecular formula is C20H20ClN3O. The minimum atomic E-state index is 0.0422. The summed E-state index contributed by atoms with van der Waals surface area (Å²) in [5.74, 6) is 1.38. The molecule has 1 heterocycles. The topological polar surface area (TPSA) is 46.9 Å². The molecule has 1 aliphatic carbocycles. The molecule has 5 heteroatoms. The van der Waals surface area contributed by atoms with E-state index in [9.17, 15) is 4.79 Å². The van der Waals surface area contributed by atoms with Crippen molar-refractivity contribution in [1.82, 2.24) is 14.9 Å². The first kappa shape index (κ1) is 16.2. The lowest BCUT2D eigenvalue weighted by Crippen LogP contribution is -2.29. The van der Waals surface area contributed by atoms with Crippen LogP contribution in [0.5, 0.6) is 0 Å². The Morgan fingerprint density at radius 2 is 2.00 bits per heavy atom. The van der Waals surface area contributed by atoms with E-state index in [1.165, 1.54) is 0 Å². The van der Waals surface area contributed by atoms with Crippen LogP contribution >= 0.6 is 11.6 Å². The van der Waals surface area contributed by atoms with Crippen molar-refractivity contribution >= 4 is 28.5 Å². The number of nitrogens with one attached hydrogen (secondary N) is 1. The second-order valence-corrected chi connectivity index (χ2v) is 6.97. The van der Waals surface area contributed by atoms with Crippen LogP contribution in [-0.2, 0) is 11.3 Å². The molecule has 0 aliphatic heterocycles. The predicted octanol–water partition coefficient (Wildman–Crippen LogP) is 3.92. The molecular weight excluding hydrogens is 334 g/mol. The van der Waals surface area contributed by atoms with E-state index in [2.05, 4.69) is 20.9 Å². The number of hydrogen-bond donors (Lipinski definition) is 1. The zero-order chi connectivity index (χ0) is 17.4. The van der Waals surface area contributed by atoms with E-state index in [4.69, 9.17) is 11.6 Å². The minimum Gasteiger partial charge on any atom is -0.354 e. The van der Waals surface area contributed by atoms with Gasteiger partial charge in [-0.2, -0.15) is 0 Å². The molecule has 1 saturated carbocycles. The maximum atomic E-state index is 12.4. The van der Waals surface area contributed by atoms with Gasteiger partial charge in [0.05, 0.1) is 11.0 Å². The number of imidazole rings is 1. The van der Waals surface area contributed by atoms with Crippen molar-refractivity contribution in [2.75, 3.05) is 6.54 Å². The summed E-state index contributed by atoms with van der Waals surface area (Å²) in [6.45, 7) is 3.32. The van der Waals surface area contributed by atoms with Gasteiger partial charge in [0.15, 0.2) is 0 Å². The van der Waals surface area contributed by atoms with Crippen molar-refractivity contribution < 1.29 is 4.79 Å². The molecule has 1 N–H and O–H groups in total. The lowest BCUT2D eigenvalue weighted by Gasteiger charge is -2.09. The Labute approximate surface area is 151 Å². The van der Waals surface area contributed by atoms with Crippen molar-refractivity contribution in [2.24, 2.45) is 5.92 Å². The number of aryl methyl sites for hydroxylation is 1. The van der Waals surface area contributed by atoms with Gasteiger partial charge in [-0.3, -0.25) is 4.79 Å². The fourth-order valence-electron chi connectivity index (χ4n) is 3.50. The van der Waals surface area contributed by atoms with E-state index in [1.54, 1.807) is 0 Å². The number of aromatic nitrogens is 2. The predicted molar refractivity (Wildman–Crippen MR) is 99.8 cm³/mol. The molecule has 2 atom stereocenters. The Morgan fingerprint density at radius 3 is 2.84 bits per heavy atom. The maximum absolute atomic E-state index is 12.4. The Hall–Kier alpha value is -2.33. The summed E-state index contributed by atoms with van der Waals surface area (Å²) in [5, 5.41) is 3.82. The third-order valence-corrected chi connectivity index (χ3v) is 5.26. The van der Waals surface area contributed by atoms with E-state index in [1.807, 2.05) is 49.4 Å². The van der Waals surface area contributed by atoms with Gasteiger partial charge in [0, 0.05) is 24.0 Å². The Bertz CT molecular complexity index is 934. The normalized spacial score (nSPS) is 19.1. The van der Waals surface area contributed by atoms with Crippen LogP contribution in [0.3, 0.4) is 0 Å². The van der Waals surface area contributed by atoms with E-state index < -0.39 is 0 Å². The molecule has 1 aliphatic rings. The molecule has 2 aromatic carbocycles. The SMILES string of the molecule is Cc1nc2ccccc2n1CCNC(=O)C1CC1c1ccccc1Cl. The molecule has 0 bridgehead atoms. The third-order valence-electron chi connectivity index (χ3n) is 4.91. The highest BCUT2D eigenvalue weighted by Gasteiger charge is 2.44. The summed E-state index contributed by atoms with van der Waals surface area (Å²) in [7, 11) is 0. The smallest absolute Gasteiger partial charge is 0.223 e. The number of rotatable bonds is 5. The minimum absolute atomic E-state index is 0.0422. The first-order valence-electron chi connectivity index (χ1n) is 8.59. The number of nitrogens with zero attached hydrogens (tertiary/aromatic N) is 2. The van der Waals surface area contributed by atoms with Crippen molar-refractivity contribution in [3.05, 3.63) is 64.9 Å². The monoisotopic (exact) mass is 353 g/mol. The third kappa shape index (κ3) is 3.14. The number of fused-ring (bicyclic) bond motifs is 1. The summed E-state index contributed by atoms with van der Waals surface area (Å²) in [6.07, 6.45) is 0.878. The molecule has 1 fully saturated rings. The van der Waals surface area contributed by atoms with Crippen LogP contribution in [0.1, 0.15) is 23.7 Å². The molecule has 4 nitrogen and oxygen atoms in total. The first-order valence-corrected chi connectivity index (χ1v) is 8.97. The number of hydrogen-bond acceptors (Lipinski definition) is 2. The Kier molecular flexibility index (Phi) is 4.22. The standard InChI is InChI=1S/C20H20ClN3O/c1-13-23-18-8-4-5-9-19(18)24(13)11-10-22-20(25)16-12-15(16)14-6-2-3-7-17(14)21/h2-9,15-16H,10-12H2,1H3,(H,22,25). The molecule has 2 unspecified atom stereocenters. The second-order valence-electron chi connectivity index (χ2n) is 6.56. The van der Waals surface area contributed by atoms with Gasteiger partial charge in [-0.25, -0.2) is 4.98 Å². The summed E-state index contributed by atoms with van der Waals surface area (Å²) in [6, 6.07) is 15.9. The lowest BCUT2D eigenvalue weighted by molar-refractivity contribution is -0.122. The van der Waals surface area contributed by atoms with E-state index in [-0.39, 0.29) is 17.7 Å². The second kappa shape index (κ2) is 6.52. The summed E-state index contributed by atoms with van der Waals surface area (Å²) < 4.78 is 2.15. The lowest BCUT2D eigenvalue weighted by atomic mass is 10.1. The molecule has 4 rings (SSSR count). The Morgan fingerprint density at radius 1 is 1.24 bits per heavy atom. The van der Waals surface area contributed by atoms with Gasteiger partial charge in [0.2, 0.25) is 5.91 Å². The quantitative estimate of drug-likeness (QED) is 0.755. The molecule has 1 aromatic heterocycles. The van der Waals surface area contributed by atoms with Crippen molar-refractivity contribution in [1.29, 1.82) is 0 Å². The molecule has 25 heavy (non-hydrogen) atoms. The van der Waals surface area contributed by atoms with Gasteiger partial charge in [-0.1, -0.05) is 41.9 Å². The molecule has 3 aromatic rings. The number of benzene rings is 2. The molecule has 0 saturated heterocycles. The summed E-state index contributed by atoms with van der Waals surface area (Å²) >= 11 is 6.23. The maximum Gasteiger partial charge on any atom is 0.223 e. The largest absolute Gasteiger partial charge is 0.354 e. The van der Waals surface area contributed by atoms with E-state index in [0.29, 0.717) is 6.54 Å². The zero-order valence-corrected chi connectivity index (χ0v) is 14.8. The molecule has 128 valence electrons. The van der Waals surface area contributed by atoms with Gasteiger partial charge in [0.25, 0.3) is 0 Å². The number of halogens is 1. The van der Waals surface area contributed by atoms with Gasteiger partial charge in [-0.05, 0) is 43.0 Å². The van der Waals surface area contributed by atoms with Crippen LogP contribution in [-0.4, -0.2) is 22.0 Å². The fraction of sp³-hybridized carbons (Fsp3) is 0.300. The van der Waals surface area contributed by atoms with Crippen molar-refractivity contribution in [2.45, 2.75) is 25.8 Å². The summed E-state index contributed by atoms with van der Waals surface area (Å²) in [4.78, 5) is 17.0. The van der Waals surface area contributed by atoms with Crippen LogP contribution in [0, 0.1) is 12.8 Å². The molecule has 0 radical (unpaired) electrons. The number of carbonyl (C=O) groups excluding carboxylic acids is 1. The number of amides is 1. The highest BCUT2D eigenvalue weighted by Crippen LogP contribution is 2.49. The zero-order valence-electron chi connectivity index (χ0n) is 14.1. The van der Waals surface area contributed by atoms with Crippen LogP contribution in [0.4, 0.5) is 0 Å². The highest BCUT2D eigenvalue weighted by molar-refractivity contribution is 6.31. The van der Waals surface area contributed by atoms with Gasteiger partial charge in [-0.15, -0.1) is 0 Å². The fourth-order valence-corrected chi connectivity index (χ4v) is 3.78. The van der Waals surface area contributed by atoms with Gasteiger partial charge in [0.1, 0.15) is 5.82 Å². The molecule has 0 spiro atoms. The summed E-state index contributed by atoms with van der Waals surface area (Å²) in [5.41, 5.74) is 3.18. The van der Waals surface area contributed by atoms with Gasteiger partial charge >= 0.3 is 0 Å². The number of para-hydroxylation sites is 2. The van der Waals surface area contributed by atoms with Gasteiger partial charge < -0.3 is 9.88 Å².